The number of hydrogen-bond donors (Lipinski definition) is 1. The number of fused-ring (bicyclic) bond motifs is 1. The summed E-state index contributed by atoms with van der Waals surface area (Å²) < 4.78 is 8.70. The van der Waals surface area contributed by atoms with Gasteiger partial charge in [-0.3, -0.25) is 0 Å². The molecule has 0 aliphatic carbocycles. The van der Waals surface area contributed by atoms with Gasteiger partial charge in [0.1, 0.15) is 11.5 Å². The van der Waals surface area contributed by atoms with Gasteiger partial charge in [0.05, 0.1) is 16.9 Å². The molecule has 0 unspecified atom stereocenters. The Morgan fingerprint density at radius 1 is 1.33 bits per heavy atom. The van der Waals surface area contributed by atoms with E-state index in [2.05, 4.69) is 31.3 Å². The van der Waals surface area contributed by atoms with Crippen molar-refractivity contribution in [2.45, 2.75) is 6.54 Å². The summed E-state index contributed by atoms with van der Waals surface area (Å²) in [5.74, 6) is 1.42. The number of furan rings is 1. The molecule has 0 saturated heterocycles. The molecule has 24 heavy (non-hydrogen) atoms. The van der Waals surface area contributed by atoms with E-state index in [9.17, 15) is 5.21 Å². The van der Waals surface area contributed by atoms with E-state index in [1.54, 1.807) is 23.0 Å². The average molecular weight is 386 g/mol. The summed E-state index contributed by atoms with van der Waals surface area (Å²) in [6.07, 6.45) is 6.27. The first-order chi connectivity index (χ1) is 11.7. The largest absolute Gasteiger partial charge is 0.619 e. The second kappa shape index (κ2) is 5.97. The third-order valence-corrected chi connectivity index (χ3v) is 4.07. The molecule has 1 N–H and O–H groups in total. The van der Waals surface area contributed by atoms with E-state index in [-0.39, 0.29) is 0 Å². The van der Waals surface area contributed by atoms with Crippen LogP contribution in [-0.4, -0.2) is 14.6 Å². The molecule has 0 amide bonds. The molecule has 0 saturated carbocycles. The van der Waals surface area contributed by atoms with Crippen molar-refractivity contribution in [2.24, 2.45) is 0 Å². The van der Waals surface area contributed by atoms with Crippen molar-refractivity contribution >= 4 is 27.4 Å². The number of nitrogens with one attached hydrogen (secondary N) is 1. The Labute approximate surface area is 145 Å². The minimum atomic E-state index is 0.483. The van der Waals surface area contributed by atoms with Gasteiger partial charge in [-0.05, 0) is 34.1 Å². The molecule has 0 aliphatic rings. The molecule has 0 aromatic carbocycles. The zero-order valence-electron chi connectivity index (χ0n) is 12.4. The highest BCUT2D eigenvalue weighted by molar-refractivity contribution is 9.10. The normalized spacial score (nSPS) is 11.0. The summed E-state index contributed by atoms with van der Waals surface area (Å²) >= 11 is 3.46. The predicted molar refractivity (Wildman–Crippen MR) is 91.1 cm³/mol. The van der Waals surface area contributed by atoms with Crippen LogP contribution in [0.1, 0.15) is 5.56 Å². The maximum Gasteiger partial charge on any atom is 0.185 e. The molecular formula is C16H12BrN5O2. The van der Waals surface area contributed by atoms with Gasteiger partial charge in [-0.15, -0.1) is 0 Å². The third-order valence-electron chi connectivity index (χ3n) is 3.51. The average Bonchev–Trinajstić information content (AvgIpc) is 3.23. The molecule has 7 nitrogen and oxygen atoms in total. The maximum atomic E-state index is 11.4. The van der Waals surface area contributed by atoms with Gasteiger partial charge in [-0.25, -0.2) is 4.98 Å². The first-order valence-corrected chi connectivity index (χ1v) is 8.00. The smallest absolute Gasteiger partial charge is 0.185 e. The minimum Gasteiger partial charge on any atom is -0.619 e. The van der Waals surface area contributed by atoms with Gasteiger partial charge in [0.15, 0.2) is 23.8 Å². The lowest BCUT2D eigenvalue weighted by Crippen LogP contribution is -2.25. The van der Waals surface area contributed by atoms with Crippen LogP contribution in [0.4, 0.5) is 5.82 Å². The molecule has 120 valence electrons. The number of hydrogen-bond acceptors (Lipinski definition) is 5. The maximum absolute atomic E-state index is 11.4. The van der Waals surface area contributed by atoms with E-state index in [1.165, 1.54) is 12.4 Å². The van der Waals surface area contributed by atoms with Crippen molar-refractivity contribution in [3.63, 3.8) is 0 Å². The summed E-state index contributed by atoms with van der Waals surface area (Å²) in [5, 5.41) is 19.0. The van der Waals surface area contributed by atoms with Gasteiger partial charge in [0, 0.05) is 24.2 Å². The SMILES string of the molecule is [O-][n+]1cccc(CNc2cc(-c3ccco3)nc3c(Br)cnn23)c1. The predicted octanol–water partition coefficient (Wildman–Crippen LogP) is 3.00. The lowest BCUT2D eigenvalue weighted by Gasteiger charge is -2.10. The lowest BCUT2D eigenvalue weighted by molar-refractivity contribution is -0.605. The lowest BCUT2D eigenvalue weighted by atomic mass is 10.2. The van der Waals surface area contributed by atoms with Crippen molar-refractivity contribution in [3.05, 3.63) is 70.4 Å². The molecule has 8 heteroatoms. The van der Waals surface area contributed by atoms with Gasteiger partial charge < -0.3 is 14.9 Å². The van der Waals surface area contributed by atoms with Crippen LogP contribution in [0, 0.1) is 5.21 Å². The van der Waals surface area contributed by atoms with Gasteiger partial charge >= 0.3 is 0 Å². The number of halogens is 1. The van der Waals surface area contributed by atoms with E-state index in [1.807, 2.05) is 24.3 Å². The summed E-state index contributed by atoms with van der Waals surface area (Å²) in [5.41, 5.74) is 2.24. The molecule has 0 fully saturated rings. The quantitative estimate of drug-likeness (QED) is 0.431. The van der Waals surface area contributed by atoms with Crippen molar-refractivity contribution in [1.82, 2.24) is 14.6 Å². The summed E-state index contributed by atoms with van der Waals surface area (Å²) in [7, 11) is 0. The van der Waals surface area contributed by atoms with Crippen molar-refractivity contribution in [1.29, 1.82) is 0 Å². The Hall–Kier alpha value is -2.87. The molecule has 4 rings (SSSR count). The fourth-order valence-electron chi connectivity index (χ4n) is 2.41. The van der Waals surface area contributed by atoms with Crippen LogP contribution < -0.4 is 10.0 Å². The molecule has 0 spiro atoms. The van der Waals surface area contributed by atoms with E-state index < -0.39 is 0 Å². The summed E-state index contributed by atoms with van der Waals surface area (Å²) in [4.78, 5) is 4.57. The number of rotatable bonds is 4. The highest BCUT2D eigenvalue weighted by Gasteiger charge is 2.13. The Morgan fingerprint density at radius 3 is 3.04 bits per heavy atom. The minimum absolute atomic E-state index is 0.483. The molecule has 4 heterocycles. The van der Waals surface area contributed by atoms with Gasteiger partial charge in [0.2, 0.25) is 0 Å². The zero-order valence-corrected chi connectivity index (χ0v) is 14.0. The van der Waals surface area contributed by atoms with Crippen LogP contribution in [0.25, 0.3) is 17.1 Å². The molecule has 4 aromatic rings. The van der Waals surface area contributed by atoms with Crippen LogP contribution in [0.15, 0.2) is 64.1 Å². The first kappa shape index (κ1) is 14.7. The van der Waals surface area contributed by atoms with E-state index in [0.29, 0.717) is 23.6 Å². The summed E-state index contributed by atoms with van der Waals surface area (Å²) in [6, 6.07) is 9.12. The Balaban J connectivity index is 1.73. The standard InChI is InChI=1S/C16H12BrN5O2/c17-12-9-19-22-15(18-8-11-3-1-5-21(23)10-11)7-13(20-16(12)22)14-4-2-6-24-14/h1-7,9-10,18H,8H2. The molecule has 0 radical (unpaired) electrons. The Morgan fingerprint density at radius 2 is 2.25 bits per heavy atom. The second-order valence-corrected chi connectivity index (χ2v) is 6.01. The number of pyridine rings is 1. The Bertz CT molecular complexity index is 997. The molecule has 4 aromatic heterocycles. The number of aromatic nitrogens is 4. The molecule has 0 bridgehead atoms. The van der Waals surface area contributed by atoms with Crippen LogP contribution in [0.3, 0.4) is 0 Å². The zero-order chi connectivity index (χ0) is 16.5. The van der Waals surface area contributed by atoms with Crippen molar-refractivity contribution < 1.29 is 9.15 Å². The van der Waals surface area contributed by atoms with Crippen molar-refractivity contribution in [3.8, 4) is 11.5 Å². The monoisotopic (exact) mass is 385 g/mol. The van der Waals surface area contributed by atoms with Crippen LogP contribution in [-0.2, 0) is 6.54 Å². The number of nitrogens with zero attached hydrogens (tertiary/aromatic N) is 4. The molecule has 0 aliphatic heterocycles. The third kappa shape index (κ3) is 2.71. The van der Waals surface area contributed by atoms with Crippen LogP contribution in [0.5, 0.6) is 0 Å². The fourth-order valence-corrected chi connectivity index (χ4v) is 2.76. The first-order valence-electron chi connectivity index (χ1n) is 7.20. The van der Waals surface area contributed by atoms with Crippen LogP contribution in [0.2, 0.25) is 0 Å². The second-order valence-electron chi connectivity index (χ2n) is 5.16. The van der Waals surface area contributed by atoms with E-state index >= 15 is 0 Å². The van der Waals surface area contributed by atoms with E-state index in [0.717, 1.165) is 20.6 Å². The van der Waals surface area contributed by atoms with Gasteiger partial charge in [-0.2, -0.15) is 14.3 Å². The van der Waals surface area contributed by atoms with Gasteiger partial charge in [-0.1, -0.05) is 0 Å². The molecule has 0 atom stereocenters. The number of anilines is 1. The highest BCUT2D eigenvalue weighted by atomic mass is 79.9. The Kier molecular flexibility index (Phi) is 3.66. The van der Waals surface area contributed by atoms with Crippen LogP contribution >= 0.6 is 15.9 Å². The topological polar surface area (TPSA) is 82.3 Å². The summed E-state index contributed by atoms with van der Waals surface area (Å²) in [6.45, 7) is 0.483. The fraction of sp³-hybridized carbons (Fsp3) is 0.0625. The van der Waals surface area contributed by atoms with Gasteiger partial charge in [0.25, 0.3) is 0 Å². The molecular weight excluding hydrogens is 374 g/mol. The van der Waals surface area contributed by atoms with E-state index in [4.69, 9.17) is 4.42 Å². The van der Waals surface area contributed by atoms with Crippen molar-refractivity contribution in [2.75, 3.05) is 5.32 Å². The highest BCUT2D eigenvalue weighted by Crippen LogP contribution is 2.26.